The molecular formula is C12H12BrN3OS. The molecule has 0 spiro atoms. The summed E-state index contributed by atoms with van der Waals surface area (Å²) in [6, 6.07) is 5.74. The number of nitrogens with zero attached hydrogens (tertiary/aromatic N) is 2. The van der Waals surface area contributed by atoms with Crippen LogP contribution >= 0.6 is 28.1 Å². The normalized spacial score (nSPS) is 20.0. The number of amides is 1. The van der Waals surface area contributed by atoms with Gasteiger partial charge in [0.2, 0.25) is 5.91 Å². The van der Waals surface area contributed by atoms with E-state index >= 15 is 0 Å². The van der Waals surface area contributed by atoms with Gasteiger partial charge in [-0.15, -0.1) is 0 Å². The maximum Gasteiger partial charge on any atom is 0.245 e. The summed E-state index contributed by atoms with van der Waals surface area (Å²) in [6.07, 6.45) is 0.809. The highest BCUT2D eigenvalue weighted by Gasteiger charge is 2.31. The topological polar surface area (TPSA) is 41.0 Å². The molecule has 1 aromatic carbocycles. The number of imidazole rings is 1. The van der Waals surface area contributed by atoms with Gasteiger partial charge < -0.3 is 14.5 Å². The zero-order valence-corrected chi connectivity index (χ0v) is 12.2. The van der Waals surface area contributed by atoms with Crippen molar-refractivity contribution in [3.8, 4) is 0 Å². The van der Waals surface area contributed by atoms with Crippen LogP contribution in [-0.2, 0) is 4.79 Å². The molecule has 1 aliphatic rings. The molecule has 18 heavy (non-hydrogen) atoms. The van der Waals surface area contributed by atoms with E-state index < -0.39 is 0 Å². The fourth-order valence-corrected chi connectivity index (χ4v) is 3.13. The number of H-pyrrole nitrogens is 1. The molecule has 0 bridgehead atoms. The molecule has 2 aromatic rings. The number of hydrogen-bond acceptors (Lipinski definition) is 2. The predicted octanol–water partition coefficient (Wildman–Crippen LogP) is 2.86. The van der Waals surface area contributed by atoms with E-state index in [-0.39, 0.29) is 11.9 Å². The second-order valence-electron chi connectivity index (χ2n) is 4.53. The summed E-state index contributed by atoms with van der Waals surface area (Å²) in [5, 5.41) is 0. The van der Waals surface area contributed by atoms with Gasteiger partial charge in [0, 0.05) is 18.1 Å². The third-order valence-electron chi connectivity index (χ3n) is 3.39. The van der Waals surface area contributed by atoms with E-state index in [1.54, 1.807) is 4.90 Å². The van der Waals surface area contributed by atoms with Crippen molar-refractivity contribution < 1.29 is 4.79 Å². The number of carbonyl (C=O) groups is 1. The molecule has 1 fully saturated rings. The lowest BCUT2D eigenvalue weighted by Crippen LogP contribution is -2.24. The van der Waals surface area contributed by atoms with Gasteiger partial charge in [-0.25, -0.2) is 0 Å². The SMILES string of the molecule is CN1CCC(n2c(=S)[nH]c3ccc(Br)cc32)C1=O. The van der Waals surface area contributed by atoms with Gasteiger partial charge in [-0.1, -0.05) is 15.9 Å². The summed E-state index contributed by atoms with van der Waals surface area (Å²) in [5.41, 5.74) is 1.94. The lowest BCUT2D eigenvalue weighted by atomic mass is 10.2. The Labute approximate surface area is 118 Å². The highest BCUT2D eigenvalue weighted by molar-refractivity contribution is 9.10. The molecule has 1 atom stereocenters. The Hall–Kier alpha value is -1.14. The summed E-state index contributed by atoms with van der Waals surface area (Å²) < 4.78 is 3.52. The van der Waals surface area contributed by atoms with Gasteiger partial charge in [0.1, 0.15) is 6.04 Å². The molecule has 0 aliphatic carbocycles. The van der Waals surface area contributed by atoms with Crippen molar-refractivity contribution in [2.45, 2.75) is 12.5 Å². The molecule has 2 heterocycles. The Morgan fingerprint density at radius 1 is 1.50 bits per heavy atom. The van der Waals surface area contributed by atoms with E-state index in [0.29, 0.717) is 4.77 Å². The van der Waals surface area contributed by atoms with Gasteiger partial charge in [0.15, 0.2) is 4.77 Å². The maximum atomic E-state index is 12.1. The highest BCUT2D eigenvalue weighted by atomic mass is 79.9. The molecule has 1 amide bonds. The number of aromatic nitrogens is 2. The summed E-state index contributed by atoms with van der Waals surface area (Å²) >= 11 is 8.80. The van der Waals surface area contributed by atoms with E-state index in [0.717, 1.165) is 28.5 Å². The molecule has 3 rings (SSSR count). The van der Waals surface area contributed by atoms with E-state index in [1.807, 2.05) is 29.8 Å². The molecule has 6 heteroatoms. The molecule has 0 radical (unpaired) electrons. The van der Waals surface area contributed by atoms with Crippen molar-refractivity contribution in [3.63, 3.8) is 0 Å². The van der Waals surface area contributed by atoms with Crippen LogP contribution in [0.2, 0.25) is 0 Å². The average Bonchev–Trinajstić information content (AvgIpc) is 2.81. The molecule has 1 aliphatic heterocycles. The van der Waals surface area contributed by atoms with Crippen LogP contribution in [0.25, 0.3) is 11.0 Å². The van der Waals surface area contributed by atoms with Crippen molar-refractivity contribution in [1.82, 2.24) is 14.5 Å². The van der Waals surface area contributed by atoms with Gasteiger partial charge >= 0.3 is 0 Å². The van der Waals surface area contributed by atoms with E-state index in [9.17, 15) is 4.79 Å². The van der Waals surface area contributed by atoms with Crippen molar-refractivity contribution in [2.24, 2.45) is 0 Å². The Balaban J connectivity index is 2.22. The van der Waals surface area contributed by atoms with E-state index in [1.165, 1.54) is 0 Å². The van der Waals surface area contributed by atoms with Crippen LogP contribution < -0.4 is 0 Å². The number of likely N-dealkylation sites (N-methyl/N-ethyl adjacent to an activating group) is 1. The Kier molecular flexibility index (Phi) is 2.79. The number of fused-ring (bicyclic) bond motifs is 1. The standard InChI is InChI=1S/C12H12BrN3OS/c1-15-5-4-9(11(15)17)16-10-6-7(13)2-3-8(10)14-12(16)18/h2-3,6,9H,4-5H2,1H3,(H,14,18). The minimum Gasteiger partial charge on any atom is -0.344 e. The number of carbonyl (C=O) groups excluding carboxylic acids is 1. The van der Waals surface area contributed by atoms with Gasteiger partial charge in [0.05, 0.1) is 11.0 Å². The molecule has 1 N–H and O–H groups in total. The van der Waals surface area contributed by atoms with Crippen LogP contribution in [0.3, 0.4) is 0 Å². The van der Waals surface area contributed by atoms with Crippen LogP contribution in [0.1, 0.15) is 12.5 Å². The minimum absolute atomic E-state index is 0.131. The summed E-state index contributed by atoms with van der Waals surface area (Å²) in [6.45, 7) is 0.784. The van der Waals surface area contributed by atoms with Crippen LogP contribution in [0.15, 0.2) is 22.7 Å². The Morgan fingerprint density at radius 2 is 2.28 bits per heavy atom. The van der Waals surface area contributed by atoms with Crippen molar-refractivity contribution in [2.75, 3.05) is 13.6 Å². The van der Waals surface area contributed by atoms with Crippen molar-refractivity contribution >= 4 is 45.1 Å². The smallest absolute Gasteiger partial charge is 0.245 e. The van der Waals surface area contributed by atoms with E-state index in [2.05, 4.69) is 20.9 Å². The lowest BCUT2D eigenvalue weighted by Gasteiger charge is -2.12. The third-order valence-corrected chi connectivity index (χ3v) is 4.18. The fourth-order valence-electron chi connectivity index (χ4n) is 2.45. The van der Waals surface area contributed by atoms with Gasteiger partial charge in [0.25, 0.3) is 0 Å². The number of rotatable bonds is 1. The maximum absolute atomic E-state index is 12.1. The predicted molar refractivity (Wildman–Crippen MR) is 76.1 cm³/mol. The van der Waals surface area contributed by atoms with Crippen LogP contribution in [0, 0.1) is 4.77 Å². The van der Waals surface area contributed by atoms with Crippen LogP contribution in [0.5, 0.6) is 0 Å². The van der Waals surface area contributed by atoms with Crippen LogP contribution in [0.4, 0.5) is 0 Å². The number of benzene rings is 1. The third kappa shape index (κ3) is 1.71. The first kappa shape index (κ1) is 11.9. The number of halogens is 1. The monoisotopic (exact) mass is 325 g/mol. The second-order valence-corrected chi connectivity index (χ2v) is 5.83. The quantitative estimate of drug-likeness (QED) is 0.819. The highest BCUT2D eigenvalue weighted by Crippen LogP contribution is 2.28. The number of aromatic amines is 1. The molecular weight excluding hydrogens is 314 g/mol. The number of likely N-dealkylation sites (tertiary alicyclic amines) is 1. The van der Waals surface area contributed by atoms with Crippen LogP contribution in [-0.4, -0.2) is 34.0 Å². The summed E-state index contributed by atoms with van der Waals surface area (Å²) in [4.78, 5) is 17.0. The van der Waals surface area contributed by atoms with Gasteiger partial charge in [-0.05, 0) is 36.8 Å². The number of hydrogen-bond donors (Lipinski definition) is 1. The van der Waals surface area contributed by atoms with Crippen molar-refractivity contribution in [3.05, 3.63) is 27.4 Å². The zero-order chi connectivity index (χ0) is 12.9. The lowest BCUT2D eigenvalue weighted by molar-refractivity contribution is -0.129. The minimum atomic E-state index is -0.175. The molecule has 1 aromatic heterocycles. The summed E-state index contributed by atoms with van der Waals surface area (Å²) in [5.74, 6) is 0.131. The molecule has 4 nitrogen and oxygen atoms in total. The first-order chi connectivity index (χ1) is 8.58. The van der Waals surface area contributed by atoms with Gasteiger partial charge in [-0.3, -0.25) is 4.79 Å². The fraction of sp³-hybridized carbons (Fsp3) is 0.333. The molecule has 1 unspecified atom stereocenters. The molecule has 1 saturated heterocycles. The first-order valence-electron chi connectivity index (χ1n) is 5.72. The van der Waals surface area contributed by atoms with Gasteiger partial charge in [-0.2, -0.15) is 0 Å². The number of nitrogens with one attached hydrogen (secondary N) is 1. The second kappa shape index (κ2) is 4.20. The van der Waals surface area contributed by atoms with Crippen molar-refractivity contribution in [1.29, 1.82) is 0 Å². The Morgan fingerprint density at radius 3 is 2.94 bits per heavy atom. The molecule has 94 valence electrons. The van der Waals surface area contributed by atoms with E-state index in [4.69, 9.17) is 12.2 Å². The summed E-state index contributed by atoms with van der Waals surface area (Å²) in [7, 11) is 1.83. The average molecular weight is 326 g/mol. The largest absolute Gasteiger partial charge is 0.344 e. The Bertz CT molecular complexity index is 690. The zero-order valence-electron chi connectivity index (χ0n) is 9.81. The first-order valence-corrected chi connectivity index (χ1v) is 6.93. The molecule has 0 saturated carbocycles.